The first-order valence-corrected chi connectivity index (χ1v) is 7.79. The Morgan fingerprint density at radius 3 is 2.46 bits per heavy atom. The summed E-state index contributed by atoms with van der Waals surface area (Å²) < 4.78 is 58.1. The lowest BCUT2D eigenvalue weighted by atomic mass is 10.4. The number of thiophene rings is 1. The zero-order valence-electron chi connectivity index (χ0n) is 12.2. The Labute approximate surface area is 138 Å². The predicted molar refractivity (Wildman–Crippen MR) is 82.6 cm³/mol. The zero-order chi connectivity index (χ0) is 17.1. The number of anilines is 2. The lowest BCUT2D eigenvalue weighted by Gasteiger charge is -2.27. The minimum Gasteiger partial charge on any atom is -0.378 e. The Morgan fingerprint density at radius 1 is 1.12 bits per heavy atom. The van der Waals surface area contributed by atoms with Crippen molar-refractivity contribution in [3.63, 3.8) is 0 Å². The van der Waals surface area contributed by atoms with Gasteiger partial charge in [0.2, 0.25) is 11.6 Å². The van der Waals surface area contributed by atoms with E-state index in [-0.39, 0.29) is 0 Å². The van der Waals surface area contributed by atoms with Crippen LogP contribution in [0.15, 0.2) is 17.2 Å². The average molecular weight is 360 g/mol. The number of halogens is 4. The highest BCUT2D eigenvalue weighted by Gasteiger charge is 2.20. The molecule has 24 heavy (non-hydrogen) atoms. The van der Waals surface area contributed by atoms with Gasteiger partial charge >= 0.3 is 0 Å². The smallest absolute Gasteiger partial charge is 0.254 e. The number of hydrazone groups is 1. The molecule has 0 bridgehead atoms. The van der Waals surface area contributed by atoms with E-state index in [1.165, 1.54) is 17.6 Å². The molecule has 1 aliphatic heterocycles. The molecule has 0 spiro atoms. The van der Waals surface area contributed by atoms with Crippen LogP contribution >= 0.6 is 11.3 Å². The summed E-state index contributed by atoms with van der Waals surface area (Å²) in [6.07, 6.45) is 1.31. The van der Waals surface area contributed by atoms with E-state index >= 15 is 0 Å². The molecule has 0 unspecified atom stereocenters. The Hall–Kier alpha value is -2.20. The topological polar surface area (TPSA) is 49.8 Å². The molecule has 1 saturated heterocycles. The van der Waals surface area contributed by atoms with Crippen molar-refractivity contribution in [2.24, 2.45) is 5.10 Å². The quantitative estimate of drug-likeness (QED) is 0.394. The highest BCUT2D eigenvalue weighted by Crippen LogP contribution is 2.26. The molecular formula is C14H12F4N4OS. The van der Waals surface area contributed by atoms with E-state index in [2.05, 4.69) is 15.0 Å². The largest absolute Gasteiger partial charge is 0.378 e. The van der Waals surface area contributed by atoms with E-state index in [0.29, 0.717) is 18.1 Å². The monoisotopic (exact) mass is 360 g/mol. The van der Waals surface area contributed by atoms with Gasteiger partial charge in [0.25, 0.3) is 11.9 Å². The minimum absolute atomic E-state index is 0.653. The second-order valence-corrected chi connectivity index (χ2v) is 5.94. The molecule has 5 nitrogen and oxygen atoms in total. The lowest BCUT2D eigenvalue weighted by Crippen LogP contribution is -2.35. The van der Waals surface area contributed by atoms with Crippen LogP contribution in [0.2, 0.25) is 0 Å². The van der Waals surface area contributed by atoms with E-state index in [9.17, 15) is 17.6 Å². The van der Waals surface area contributed by atoms with Crippen LogP contribution < -0.4 is 10.3 Å². The van der Waals surface area contributed by atoms with Gasteiger partial charge in [-0.2, -0.15) is 27.6 Å². The molecule has 0 aliphatic carbocycles. The maximum atomic E-state index is 13.4. The number of hydrogen-bond acceptors (Lipinski definition) is 6. The van der Waals surface area contributed by atoms with Gasteiger partial charge in [-0.15, -0.1) is 11.3 Å². The van der Waals surface area contributed by atoms with Gasteiger partial charge in [-0.1, -0.05) is 0 Å². The van der Waals surface area contributed by atoms with Crippen molar-refractivity contribution in [3.8, 4) is 0 Å². The summed E-state index contributed by atoms with van der Waals surface area (Å²) in [4.78, 5) is 5.32. The Kier molecular flexibility index (Phi) is 4.95. The predicted octanol–water partition coefficient (Wildman–Crippen LogP) is 2.98. The molecule has 0 aromatic carbocycles. The normalized spacial score (nSPS) is 15.2. The van der Waals surface area contributed by atoms with E-state index in [4.69, 9.17) is 4.74 Å². The highest BCUT2D eigenvalue weighted by atomic mass is 32.1. The fourth-order valence-corrected chi connectivity index (χ4v) is 3.04. The number of pyridine rings is 1. The van der Waals surface area contributed by atoms with Crippen molar-refractivity contribution in [2.45, 2.75) is 0 Å². The number of rotatable bonds is 4. The Balaban J connectivity index is 1.70. The second-order valence-electron chi connectivity index (χ2n) is 4.84. The van der Waals surface area contributed by atoms with Gasteiger partial charge in [0, 0.05) is 18.0 Å². The number of aromatic nitrogens is 1. The standard InChI is InChI=1S/C14H12F4N4OS/c15-10-12(11(16)14(18)20-13(10)17)21-19-7-8-1-2-9(24-8)22-3-5-23-6-4-22/h1-2,7H,3-6H2,(H,20,21)/b19-7-. The van der Waals surface area contributed by atoms with Crippen LogP contribution in [-0.2, 0) is 4.74 Å². The summed E-state index contributed by atoms with van der Waals surface area (Å²) in [5.74, 6) is -6.74. The third kappa shape index (κ3) is 3.49. The van der Waals surface area contributed by atoms with Crippen LogP contribution in [0.4, 0.5) is 28.3 Å². The number of ether oxygens (including phenoxy) is 1. The summed E-state index contributed by atoms with van der Waals surface area (Å²) in [7, 11) is 0. The van der Waals surface area contributed by atoms with Crippen LogP contribution in [0.25, 0.3) is 0 Å². The van der Waals surface area contributed by atoms with Crippen LogP contribution in [0.3, 0.4) is 0 Å². The molecule has 0 atom stereocenters. The van der Waals surface area contributed by atoms with Gasteiger partial charge in [0.05, 0.1) is 24.4 Å². The lowest BCUT2D eigenvalue weighted by molar-refractivity contribution is 0.123. The summed E-state index contributed by atoms with van der Waals surface area (Å²) in [6.45, 7) is 2.86. The molecule has 2 aromatic heterocycles. The third-order valence-corrected chi connectivity index (χ3v) is 4.38. The van der Waals surface area contributed by atoms with E-state index in [1.54, 1.807) is 6.07 Å². The number of nitrogens with zero attached hydrogens (tertiary/aromatic N) is 3. The summed E-state index contributed by atoms with van der Waals surface area (Å²) in [5.41, 5.74) is 0.946. The molecule has 3 heterocycles. The number of nitrogens with one attached hydrogen (secondary N) is 1. The first-order valence-electron chi connectivity index (χ1n) is 6.98. The average Bonchev–Trinajstić information content (AvgIpc) is 3.06. The van der Waals surface area contributed by atoms with Gasteiger partial charge in [-0.3, -0.25) is 5.43 Å². The highest BCUT2D eigenvalue weighted by molar-refractivity contribution is 7.17. The fourth-order valence-electron chi connectivity index (χ4n) is 2.11. The third-order valence-electron chi connectivity index (χ3n) is 3.30. The molecular weight excluding hydrogens is 348 g/mol. The first-order chi connectivity index (χ1) is 11.6. The number of hydrogen-bond donors (Lipinski definition) is 1. The van der Waals surface area contributed by atoms with E-state index in [1.807, 2.05) is 11.5 Å². The Morgan fingerprint density at radius 2 is 1.79 bits per heavy atom. The van der Waals surface area contributed by atoms with Crippen LogP contribution in [0.1, 0.15) is 4.88 Å². The van der Waals surface area contributed by atoms with Crippen molar-refractivity contribution in [2.75, 3.05) is 36.6 Å². The van der Waals surface area contributed by atoms with Gasteiger partial charge in [0.1, 0.15) is 5.69 Å². The van der Waals surface area contributed by atoms with Crippen molar-refractivity contribution in [3.05, 3.63) is 40.5 Å². The van der Waals surface area contributed by atoms with E-state index in [0.717, 1.165) is 18.1 Å². The molecule has 1 fully saturated rings. The van der Waals surface area contributed by atoms with Gasteiger partial charge in [0.15, 0.2) is 0 Å². The van der Waals surface area contributed by atoms with Gasteiger partial charge in [-0.25, -0.2) is 0 Å². The molecule has 0 radical (unpaired) electrons. The first kappa shape index (κ1) is 16.7. The maximum Gasteiger partial charge on any atom is 0.254 e. The van der Waals surface area contributed by atoms with Crippen molar-refractivity contribution < 1.29 is 22.3 Å². The van der Waals surface area contributed by atoms with Crippen molar-refractivity contribution >= 4 is 28.2 Å². The molecule has 1 aliphatic rings. The molecule has 10 heteroatoms. The molecule has 0 saturated carbocycles. The maximum absolute atomic E-state index is 13.4. The van der Waals surface area contributed by atoms with Crippen molar-refractivity contribution in [1.29, 1.82) is 0 Å². The van der Waals surface area contributed by atoms with Gasteiger partial charge < -0.3 is 9.64 Å². The number of morpholine rings is 1. The van der Waals surface area contributed by atoms with Crippen LogP contribution in [0.5, 0.6) is 0 Å². The van der Waals surface area contributed by atoms with Crippen LogP contribution in [0, 0.1) is 23.5 Å². The van der Waals surface area contributed by atoms with Crippen LogP contribution in [-0.4, -0.2) is 37.5 Å². The summed E-state index contributed by atoms with van der Waals surface area (Å²) >= 11 is 1.42. The summed E-state index contributed by atoms with van der Waals surface area (Å²) in [5, 5.41) is 4.64. The second kappa shape index (κ2) is 7.14. The molecule has 0 amide bonds. The molecule has 3 rings (SSSR count). The fraction of sp³-hybridized carbons (Fsp3) is 0.286. The minimum atomic E-state index is -1.74. The van der Waals surface area contributed by atoms with E-state index < -0.39 is 29.2 Å². The molecule has 2 aromatic rings. The SMILES string of the molecule is Fc1nc(F)c(F)c(N/N=C\c2ccc(N3CCOCC3)s2)c1F. The Bertz CT molecular complexity index is 735. The molecule has 1 N–H and O–H groups in total. The zero-order valence-corrected chi connectivity index (χ0v) is 13.0. The van der Waals surface area contributed by atoms with Crippen molar-refractivity contribution in [1.82, 2.24) is 4.98 Å². The van der Waals surface area contributed by atoms with Gasteiger partial charge in [-0.05, 0) is 12.1 Å². The molecule has 128 valence electrons. The summed E-state index contributed by atoms with van der Waals surface area (Å²) in [6, 6.07) is 3.67.